The van der Waals surface area contributed by atoms with E-state index in [0.29, 0.717) is 11.3 Å². The lowest BCUT2D eigenvalue weighted by atomic mass is 9.87. The van der Waals surface area contributed by atoms with Crippen LogP contribution in [0.3, 0.4) is 0 Å². The van der Waals surface area contributed by atoms with E-state index in [-0.39, 0.29) is 16.7 Å². The van der Waals surface area contributed by atoms with Crippen LogP contribution in [-0.2, 0) is 4.74 Å². The van der Waals surface area contributed by atoms with E-state index in [4.69, 9.17) is 4.74 Å². The van der Waals surface area contributed by atoms with Crippen LogP contribution in [0.1, 0.15) is 35.9 Å². The number of aliphatic hydroxyl groups excluding tert-OH is 1. The zero-order valence-corrected chi connectivity index (χ0v) is 14.5. The molecule has 0 aliphatic heterocycles. The van der Waals surface area contributed by atoms with Crippen molar-refractivity contribution < 1.29 is 28.9 Å². The van der Waals surface area contributed by atoms with Gasteiger partial charge in [-0.2, -0.15) is 0 Å². The number of halogens is 1. The molecule has 0 aromatic heterocycles. The molecule has 0 amide bonds. The number of hydrogen-bond acceptors (Lipinski definition) is 5. The summed E-state index contributed by atoms with van der Waals surface area (Å²) in [5, 5.41) is 20.7. The molecule has 2 aromatic carbocycles. The predicted molar refractivity (Wildman–Crippen MR) is 91.0 cm³/mol. The summed E-state index contributed by atoms with van der Waals surface area (Å²) < 4.78 is 24.2. The maximum absolute atomic E-state index is 14.4. The Morgan fingerprint density at radius 2 is 1.80 bits per heavy atom. The van der Waals surface area contributed by atoms with Crippen LogP contribution in [0.4, 0.5) is 4.39 Å². The zero-order chi connectivity index (χ0) is 18.8. The van der Waals surface area contributed by atoms with Gasteiger partial charge in [0.25, 0.3) is 0 Å². The second-order valence-corrected chi connectivity index (χ2v) is 6.20. The van der Waals surface area contributed by atoms with Gasteiger partial charge in [0.1, 0.15) is 17.7 Å². The number of carbonyl (C=O) groups is 1. The first kappa shape index (κ1) is 18.9. The summed E-state index contributed by atoms with van der Waals surface area (Å²) in [6.45, 7) is 2.85. The summed E-state index contributed by atoms with van der Waals surface area (Å²) in [5.41, 5.74) is -0.568. The van der Waals surface area contributed by atoms with Crippen molar-refractivity contribution in [3.63, 3.8) is 0 Å². The van der Waals surface area contributed by atoms with Crippen LogP contribution in [0.25, 0.3) is 11.1 Å². The number of hydrogen-bond donors (Lipinski definition) is 2. The Balaban J connectivity index is 2.71. The van der Waals surface area contributed by atoms with Crippen LogP contribution in [-0.4, -0.2) is 36.0 Å². The van der Waals surface area contributed by atoms with Gasteiger partial charge < -0.3 is 19.7 Å². The molecule has 0 bridgehead atoms. The topological polar surface area (TPSA) is 76.0 Å². The van der Waals surface area contributed by atoms with E-state index >= 15 is 0 Å². The molecular weight excluding hydrogens is 327 g/mol. The van der Waals surface area contributed by atoms with Crippen LogP contribution >= 0.6 is 0 Å². The van der Waals surface area contributed by atoms with Crippen molar-refractivity contribution in [2.75, 3.05) is 14.2 Å². The first-order chi connectivity index (χ1) is 11.7. The molecule has 0 heterocycles. The fourth-order valence-electron chi connectivity index (χ4n) is 2.50. The van der Waals surface area contributed by atoms with Crippen molar-refractivity contribution in [1.29, 1.82) is 0 Å². The highest BCUT2D eigenvalue weighted by molar-refractivity contribution is 5.90. The van der Waals surface area contributed by atoms with Crippen molar-refractivity contribution in [3.8, 4) is 16.9 Å². The van der Waals surface area contributed by atoms with Crippen molar-refractivity contribution in [2.24, 2.45) is 0 Å². The number of rotatable bonds is 5. The van der Waals surface area contributed by atoms with E-state index in [1.807, 2.05) is 0 Å². The molecule has 0 fully saturated rings. The van der Waals surface area contributed by atoms with Gasteiger partial charge >= 0.3 is 5.97 Å². The van der Waals surface area contributed by atoms with E-state index < -0.39 is 23.5 Å². The SMILES string of the molecule is COC(=O)c1ccc(-c2cc(OC)ccc2F)c(C(O)C(C)(C)O)c1. The lowest BCUT2D eigenvalue weighted by Gasteiger charge is -2.27. The average Bonchev–Trinajstić information content (AvgIpc) is 2.59. The van der Waals surface area contributed by atoms with Crippen LogP contribution in [0.2, 0.25) is 0 Å². The minimum absolute atomic E-state index is 0.188. The molecule has 6 heteroatoms. The standard InChI is InChI=1S/C19H21FO5/c1-19(2,23)17(21)15-9-11(18(22)25-4)5-7-13(15)14-10-12(24-3)6-8-16(14)20/h5-10,17,21,23H,1-4H3. The molecule has 0 aliphatic carbocycles. The second kappa shape index (κ2) is 7.21. The molecule has 1 atom stereocenters. The second-order valence-electron chi connectivity index (χ2n) is 6.20. The maximum atomic E-state index is 14.4. The third-order valence-corrected chi connectivity index (χ3v) is 3.90. The Morgan fingerprint density at radius 1 is 1.12 bits per heavy atom. The fourth-order valence-corrected chi connectivity index (χ4v) is 2.50. The van der Waals surface area contributed by atoms with Gasteiger partial charge in [0.05, 0.1) is 25.4 Å². The van der Waals surface area contributed by atoms with Crippen molar-refractivity contribution >= 4 is 5.97 Å². The molecule has 0 saturated heterocycles. The summed E-state index contributed by atoms with van der Waals surface area (Å²) in [5.74, 6) is -0.671. The smallest absolute Gasteiger partial charge is 0.337 e. The fraction of sp³-hybridized carbons (Fsp3) is 0.316. The van der Waals surface area contributed by atoms with Gasteiger partial charge in [0, 0.05) is 5.56 Å². The van der Waals surface area contributed by atoms with Gasteiger partial charge in [-0.05, 0) is 55.3 Å². The lowest BCUT2D eigenvalue weighted by molar-refractivity contribution is -0.0494. The van der Waals surface area contributed by atoms with Gasteiger partial charge in [0.2, 0.25) is 0 Å². The normalized spacial score (nSPS) is 12.6. The maximum Gasteiger partial charge on any atom is 0.337 e. The number of benzene rings is 2. The van der Waals surface area contributed by atoms with E-state index in [0.717, 1.165) is 0 Å². The number of ether oxygens (including phenoxy) is 2. The number of aliphatic hydroxyl groups is 2. The minimum atomic E-state index is -1.50. The molecule has 2 N–H and O–H groups in total. The van der Waals surface area contributed by atoms with Gasteiger partial charge in [-0.1, -0.05) is 6.07 Å². The van der Waals surface area contributed by atoms with Gasteiger partial charge in [-0.3, -0.25) is 0 Å². The summed E-state index contributed by atoms with van der Waals surface area (Å²) >= 11 is 0. The molecule has 2 aromatic rings. The van der Waals surface area contributed by atoms with Crippen LogP contribution in [0, 0.1) is 5.82 Å². The summed E-state index contributed by atoms with van der Waals surface area (Å²) in [6.07, 6.45) is -1.35. The molecule has 1 unspecified atom stereocenters. The Hall–Kier alpha value is -2.44. The Kier molecular flexibility index (Phi) is 5.45. The molecule has 2 rings (SSSR count). The quantitative estimate of drug-likeness (QED) is 0.812. The number of methoxy groups -OCH3 is 2. The first-order valence-corrected chi connectivity index (χ1v) is 7.65. The predicted octanol–water partition coefficient (Wildman–Crippen LogP) is 3.09. The van der Waals surface area contributed by atoms with E-state index in [1.165, 1.54) is 64.5 Å². The van der Waals surface area contributed by atoms with E-state index in [9.17, 15) is 19.4 Å². The van der Waals surface area contributed by atoms with Gasteiger partial charge in [-0.15, -0.1) is 0 Å². The lowest BCUT2D eigenvalue weighted by Crippen LogP contribution is -2.29. The number of carbonyl (C=O) groups excluding carboxylic acids is 1. The summed E-state index contributed by atoms with van der Waals surface area (Å²) in [6, 6.07) is 8.59. The highest BCUT2D eigenvalue weighted by Gasteiger charge is 2.30. The molecular formula is C19H21FO5. The molecule has 134 valence electrons. The highest BCUT2D eigenvalue weighted by Crippen LogP contribution is 2.37. The Bertz CT molecular complexity index is 780. The van der Waals surface area contributed by atoms with Crippen molar-refractivity contribution in [1.82, 2.24) is 0 Å². The largest absolute Gasteiger partial charge is 0.497 e. The van der Waals surface area contributed by atoms with Crippen LogP contribution in [0.15, 0.2) is 36.4 Å². The van der Waals surface area contributed by atoms with Gasteiger partial charge in [0.15, 0.2) is 0 Å². The highest BCUT2D eigenvalue weighted by atomic mass is 19.1. The van der Waals surface area contributed by atoms with Gasteiger partial charge in [-0.25, -0.2) is 9.18 Å². The summed E-state index contributed by atoms with van der Waals surface area (Å²) in [7, 11) is 2.70. The average molecular weight is 348 g/mol. The summed E-state index contributed by atoms with van der Waals surface area (Å²) in [4.78, 5) is 11.8. The molecule has 0 saturated carbocycles. The first-order valence-electron chi connectivity index (χ1n) is 7.65. The molecule has 0 aliphatic rings. The van der Waals surface area contributed by atoms with E-state index in [2.05, 4.69) is 4.74 Å². The number of esters is 1. The third-order valence-electron chi connectivity index (χ3n) is 3.90. The monoisotopic (exact) mass is 348 g/mol. The third kappa shape index (κ3) is 3.97. The van der Waals surface area contributed by atoms with Crippen LogP contribution in [0.5, 0.6) is 5.75 Å². The Labute approximate surface area is 145 Å². The Morgan fingerprint density at radius 3 is 2.36 bits per heavy atom. The molecule has 25 heavy (non-hydrogen) atoms. The van der Waals surface area contributed by atoms with E-state index in [1.54, 1.807) is 0 Å². The molecule has 5 nitrogen and oxygen atoms in total. The molecule has 0 spiro atoms. The minimum Gasteiger partial charge on any atom is -0.497 e. The van der Waals surface area contributed by atoms with Crippen molar-refractivity contribution in [2.45, 2.75) is 25.6 Å². The van der Waals surface area contributed by atoms with Crippen molar-refractivity contribution in [3.05, 3.63) is 53.3 Å². The van der Waals surface area contributed by atoms with Crippen LogP contribution < -0.4 is 4.74 Å². The molecule has 0 radical (unpaired) electrons. The zero-order valence-electron chi connectivity index (χ0n) is 14.5.